The van der Waals surface area contributed by atoms with Crippen LogP contribution >= 0.6 is 11.8 Å². The van der Waals surface area contributed by atoms with E-state index < -0.39 is 0 Å². The topological polar surface area (TPSA) is 59.2 Å². The van der Waals surface area contributed by atoms with E-state index in [1.807, 2.05) is 32.0 Å². The average Bonchev–Trinajstić information content (AvgIpc) is 3.06. The highest BCUT2D eigenvalue weighted by Gasteiger charge is 2.36. The number of carbonyl (C=O) groups excluding carboxylic acids is 1. The quantitative estimate of drug-likeness (QED) is 0.592. The van der Waals surface area contributed by atoms with Crippen molar-refractivity contribution in [2.75, 3.05) is 12.8 Å². The van der Waals surface area contributed by atoms with Crippen molar-refractivity contribution in [2.24, 2.45) is 5.92 Å². The second kappa shape index (κ2) is 6.97. The first-order chi connectivity index (χ1) is 11.4. The van der Waals surface area contributed by atoms with Crippen LogP contribution in [0.25, 0.3) is 0 Å². The van der Waals surface area contributed by atoms with E-state index in [9.17, 15) is 4.79 Å². The van der Waals surface area contributed by atoms with Gasteiger partial charge in [-0.2, -0.15) is 0 Å². The highest BCUT2D eigenvalue weighted by molar-refractivity contribution is 7.99. The number of hydrogen-bond donors (Lipinski definition) is 0. The van der Waals surface area contributed by atoms with Crippen LogP contribution in [0, 0.1) is 19.8 Å². The normalized spacial score (nSPS) is 19.3. The molecule has 0 radical (unpaired) electrons. The van der Waals surface area contributed by atoms with Crippen molar-refractivity contribution in [3.8, 4) is 0 Å². The van der Waals surface area contributed by atoms with E-state index in [1.165, 1.54) is 18.2 Å². The number of furan rings is 1. The van der Waals surface area contributed by atoms with Gasteiger partial charge in [0.1, 0.15) is 11.5 Å². The Morgan fingerprint density at radius 2 is 2.00 bits per heavy atom. The molecule has 2 aromatic rings. The first-order valence-electron chi connectivity index (χ1n) is 8.20. The van der Waals surface area contributed by atoms with Crippen LogP contribution < -0.4 is 0 Å². The van der Waals surface area contributed by atoms with Gasteiger partial charge in [0.15, 0.2) is 5.16 Å². The third-order valence-corrected chi connectivity index (χ3v) is 5.09. The summed E-state index contributed by atoms with van der Waals surface area (Å²) in [6.45, 7) is 6.59. The number of nitrogens with zero attached hydrogens (tertiary/aromatic N) is 3. The fourth-order valence-electron chi connectivity index (χ4n) is 2.71. The molecule has 0 aromatic carbocycles. The zero-order valence-electron chi connectivity index (χ0n) is 14.6. The molecule has 3 rings (SSSR count). The summed E-state index contributed by atoms with van der Waals surface area (Å²) in [6, 6.07) is 5.94. The van der Waals surface area contributed by atoms with Gasteiger partial charge in [-0.05, 0) is 44.4 Å². The predicted molar refractivity (Wildman–Crippen MR) is 93.9 cm³/mol. The van der Waals surface area contributed by atoms with E-state index in [2.05, 4.69) is 16.9 Å². The summed E-state index contributed by atoms with van der Waals surface area (Å²) >= 11 is 1.37. The van der Waals surface area contributed by atoms with Crippen molar-refractivity contribution >= 4 is 17.7 Å². The van der Waals surface area contributed by atoms with Crippen LogP contribution in [0.3, 0.4) is 0 Å². The highest BCUT2D eigenvalue weighted by Crippen LogP contribution is 2.47. The van der Waals surface area contributed by atoms with Crippen LogP contribution in [-0.2, 0) is 11.3 Å². The fraction of sp³-hybridized carbons (Fsp3) is 0.500. The predicted octanol–water partition coefficient (Wildman–Crippen LogP) is 3.56. The molecule has 0 aliphatic heterocycles. The molecule has 2 unspecified atom stereocenters. The smallest absolute Gasteiger partial charge is 0.233 e. The number of aryl methyl sites for hydroxylation is 2. The van der Waals surface area contributed by atoms with Crippen molar-refractivity contribution in [2.45, 2.75) is 44.8 Å². The largest absolute Gasteiger partial charge is 0.464 e. The third-order valence-electron chi connectivity index (χ3n) is 4.26. The van der Waals surface area contributed by atoms with Gasteiger partial charge < -0.3 is 9.32 Å². The minimum Gasteiger partial charge on any atom is -0.464 e. The Hall–Kier alpha value is -1.82. The van der Waals surface area contributed by atoms with Gasteiger partial charge in [-0.3, -0.25) is 4.79 Å². The molecule has 128 valence electrons. The Kier molecular flexibility index (Phi) is 4.94. The highest BCUT2D eigenvalue weighted by atomic mass is 32.2. The molecule has 2 atom stereocenters. The number of hydrogen-bond acceptors (Lipinski definition) is 5. The van der Waals surface area contributed by atoms with E-state index in [4.69, 9.17) is 4.42 Å². The Bertz CT molecular complexity index is 723. The number of amides is 1. The molecule has 6 heteroatoms. The van der Waals surface area contributed by atoms with E-state index in [0.29, 0.717) is 23.4 Å². The van der Waals surface area contributed by atoms with Crippen molar-refractivity contribution in [1.29, 1.82) is 0 Å². The number of thioether (sulfide) groups is 1. The minimum atomic E-state index is 0.0421. The molecule has 2 aromatic heterocycles. The summed E-state index contributed by atoms with van der Waals surface area (Å²) in [5, 5.41) is 0.650. The van der Waals surface area contributed by atoms with E-state index in [-0.39, 0.29) is 5.91 Å². The summed E-state index contributed by atoms with van der Waals surface area (Å²) < 4.78 is 5.87. The lowest BCUT2D eigenvalue weighted by Gasteiger charge is -2.15. The Morgan fingerprint density at radius 3 is 2.62 bits per heavy atom. The van der Waals surface area contributed by atoms with Crippen molar-refractivity contribution in [3.05, 3.63) is 41.1 Å². The van der Waals surface area contributed by atoms with Crippen LogP contribution in [0.5, 0.6) is 0 Å². The van der Waals surface area contributed by atoms with Crippen molar-refractivity contribution in [3.63, 3.8) is 0 Å². The van der Waals surface area contributed by atoms with Crippen LogP contribution in [0.15, 0.2) is 27.8 Å². The van der Waals surface area contributed by atoms with E-state index in [1.54, 1.807) is 11.9 Å². The molecule has 1 aliphatic rings. The molecular formula is C18H23N3O2S. The molecule has 0 N–H and O–H groups in total. The Labute approximate surface area is 146 Å². The lowest BCUT2D eigenvalue weighted by molar-refractivity contribution is -0.127. The maximum atomic E-state index is 12.3. The van der Waals surface area contributed by atoms with Gasteiger partial charge in [0.2, 0.25) is 5.91 Å². The number of aromatic nitrogens is 2. The second-order valence-electron chi connectivity index (χ2n) is 6.60. The Balaban J connectivity index is 1.52. The minimum absolute atomic E-state index is 0.0421. The summed E-state index contributed by atoms with van der Waals surface area (Å²) in [5.74, 6) is 3.55. The molecule has 24 heavy (non-hydrogen) atoms. The zero-order chi connectivity index (χ0) is 17.3. The molecular weight excluding hydrogens is 322 g/mol. The van der Waals surface area contributed by atoms with Crippen LogP contribution in [-0.4, -0.2) is 33.6 Å². The van der Waals surface area contributed by atoms with Crippen LogP contribution in [0.1, 0.15) is 42.2 Å². The zero-order valence-corrected chi connectivity index (χ0v) is 15.4. The van der Waals surface area contributed by atoms with Gasteiger partial charge in [-0.25, -0.2) is 9.97 Å². The van der Waals surface area contributed by atoms with Gasteiger partial charge in [0.05, 0.1) is 12.3 Å². The average molecular weight is 345 g/mol. The van der Waals surface area contributed by atoms with Gasteiger partial charge in [0.25, 0.3) is 0 Å². The maximum absolute atomic E-state index is 12.3. The molecule has 0 bridgehead atoms. The molecule has 1 amide bonds. The lowest BCUT2D eigenvalue weighted by atomic mass is 10.3. The fourth-order valence-corrected chi connectivity index (χ4v) is 3.60. The van der Waals surface area contributed by atoms with Gasteiger partial charge >= 0.3 is 0 Å². The van der Waals surface area contributed by atoms with Crippen molar-refractivity contribution in [1.82, 2.24) is 14.9 Å². The third kappa shape index (κ3) is 4.17. The first-order valence-corrected chi connectivity index (χ1v) is 9.18. The van der Waals surface area contributed by atoms with Crippen LogP contribution in [0.2, 0.25) is 0 Å². The van der Waals surface area contributed by atoms with Gasteiger partial charge in [0, 0.05) is 24.4 Å². The molecule has 2 heterocycles. The monoisotopic (exact) mass is 345 g/mol. The molecule has 1 aliphatic carbocycles. The van der Waals surface area contributed by atoms with E-state index >= 15 is 0 Å². The summed E-state index contributed by atoms with van der Waals surface area (Å²) in [5.41, 5.74) is 1.84. The second-order valence-corrected chi connectivity index (χ2v) is 7.54. The standard InChI is InChI=1S/C18H23N3O2S/c1-11-7-15(11)16-6-5-14(23-16)9-21(4)17(22)10-24-18-19-12(2)8-13(3)20-18/h5-6,8,11,15H,7,9-10H2,1-4H3. The van der Waals surface area contributed by atoms with Gasteiger partial charge in [-0.15, -0.1) is 0 Å². The van der Waals surface area contributed by atoms with E-state index in [0.717, 1.165) is 28.8 Å². The lowest BCUT2D eigenvalue weighted by Crippen LogP contribution is -2.27. The van der Waals surface area contributed by atoms with Crippen LogP contribution in [0.4, 0.5) is 0 Å². The Morgan fingerprint density at radius 1 is 1.33 bits per heavy atom. The van der Waals surface area contributed by atoms with Crippen molar-refractivity contribution < 1.29 is 9.21 Å². The summed E-state index contributed by atoms with van der Waals surface area (Å²) in [7, 11) is 1.80. The molecule has 5 nitrogen and oxygen atoms in total. The molecule has 1 fully saturated rings. The number of rotatable bonds is 6. The maximum Gasteiger partial charge on any atom is 0.233 e. The number of carbonyl (C=O) groups is 1. The molecule has 1 saturated carbocycles. The SMILES string of the molecule is Cc1cc(C)nc(SCC(=O)N(C)Cc2ccc(C3CC3C)o2)n1. The first kappa shape index (κ1) is 17.0. The molecule has 0 saturated heterocycles. The summed E-state index contributed by atoms with van der Waals surface area (Å²) in [4.78, 5) is 22.7. The van der Waals surface area contributed by atoms with Gasteiger partial charge in [-0.1, -0.05) is 18.7 Å². The molecule has 0 spiro atoms. The summed E-state index contributed by atoms with van der Waals surface area (Å²) in [6.07, 6.45) is 1.20.